The minimum absolute atomic E-state index is 0.0828. The number of rotatable bonds is 8. The molecule has 0 unspecified atom stereocenters. The predicted octanol–water partition coefficient (Wildman–Crippen LogP) is 4.36. The van der Waals surface area contributed by atoms with E-state index in [0.29, 0.717) is 12.4 Å². The van der Waals surface area contributed by atoms with E-state index in [9.17, 15) is 4.79 Å². The van der Waals surface area contributed by atoms with Gasteiger partial charge in [-0.15, -0.1) is 5.11 Å². The van der Waals surface area contributed by atoms with Crippen LogP contribution in [-0.4, -0.2) is 38.3 Å². The van der Waals surface area contributed by atoms with Crippen molar-refractivity contribution in [3.05, 3.63) is 59.7 Å². The van der Waals surface area contributed by atoms with E-state index in [0.717, 1.165) is 16.8 Å². The first-order chi connectivity index (χ1) is 12.6. The fourth-order valence-electron chi connectivity index (χ4n) is 2.01. The van der Waals surface area contributed by atoms with Gasteiger partial charge < -0.3 is 9.47 Å². The first-order valence-corrected chi connectivity index (χ1v) is 8.32. The second kappa shape index (κ2) is 9.98. The van der Waals surface area contributed by atoms with Gasteiger partial charge in [-0.2, -0.15) is 0 Å². The zero-order valence-electron chi connectivity index (χ0n) is 15.3. The molecule has 0 atom stereocenters. The summed E-state index contributed by atoms with van der Waals surface area (Å²) in [5.41, 5.74) is 2.90. The van der Waals surface area contributed by atoms with E-state index >= 15 is 0 Å². The fraction of sp³-hybridized carbons (Fsp3) is 0.250. The molecule has 0 aliphatic carbocycles. The predicted molar refractivity (Wildman–Crippen MR) is 102 cm³/mol. The summed E-state index contributed by atoms with van der Waals surface area (Å²) in [6.07, 6.45) is 4.02. The van der Waals surface area contributed by atoms with E-state index in [2.05, 4.69) is 10.3 Å². The number of carbonyl (C=O) groups is 1. The van der Waals surface area contributed by atoms with Gasteiger partial charge in [0.2, 0.25) is 0 Å². The molecule has 0 N–H and O–H groups in total. The first kappa shape index (κ1) is 19.2. The molecule has 0 spiro atoms. The van der Waals surface area contributed by atoms with Gasteiger partial charge in [-0.1, -0.05) is 41.6 Å². The molecule has 0 heterocycles. The highest BCUT2D eigenvalue weighted by atomic mass is 16.6. The van der Waals surface area contributed by atoms with Gasteiger partial charge in [0.1, 0.15) is 5.75 Å². The number of carbonyl (C=O) groups excluding carboxylic acids is 1. The summed E-state index contributed by atoms with van der Waals surface area (Å²) >= 11 is 0. The molecule has 2 aromatic carbocycles. The molecule has 0 aliphatic rings. The third-order valence-corrected chi connectivity index (χ3v) is 3.24. The summed E-state index contributed by atoms with van der Waals surface area (Å²) in [5, 5.41) is 9.71. The molecule has 0 aliphatic heterocycles. The van der Waals surface area contributed by atoms with E-state index < -0.39 is 0 Å². The molecule has 6 nitrogen and oxygen atoms in total. The third kappa shape index (κ3) is 6.76. The lowest BCUT2D eigenvalue weighted by Gasteiger charge is -2.05. The smallest absolute Gasteiger partial charge is 0.344 e. The van der Waals surface area contributed by atoms with Crippen molar-refractivity contribution in [2.45, 2.75) is 6.92 Å². The average molecular weight is 353 g/mol. The van der Waals surface area contributed by atoms with Crippen LogP contribution in [0.15, 0.2) is 58.9 Å². The Morgan fingerprint density at radius 2 is 1.58 bits per heavy atom. The summed E-state index contributed by atoms with van der Waals surface area (Å²) < 4.78 is 10.2. The molecule has 0 fully saturated rings. The Morgan fingerprint density at radius 1 is 1.00 bits per heavy atom. The van der Waals surface area contributed by atoms with Gasteiger partial charge in [0, 0.05) is 14.1 Å². The molecule has 0 saturated heterocycles. The van der Waals surface area contributed by atoms with E-state index in [-0.39, 0.29) is 12.6 Å². The Hall–Kier alpha value is -3.15. The molecular weight excluding hydrogens is 330 g/mol. The molecule has 0 radical (unpaired) electrons. The van der Waals surface area contributed by atoms with Crippen LogP contribution in [0.3, 0.4) is 0 Å². The van der Waals surface area contributed by atoms with Crippen LogP contribution in [0.25, 0.3) is 12.2 Å². The van der Waals surface area contributed by atoms with Crippen molar-refractivity contribution >= 4 is 23.8 Å². The van der Waals surface area contributed by atoms with Gasteiger partial charge in [0.05, 0.1) is 12.3 Å². The van der Waals surface area contributed by atoms with Gasteiger partial charge in [-0.3, -0.25) is 5.01 Å². The van der Waals surface area contributed by atoms with Crippen LogP contribution in [0, 0.1) is 0 Å². The van der Waals surface area contributed by atoms with Crippen LogP contribution >= 0.6 is 0 Å². The maximum Gasteiger partial charge on any atom is 0.344 e. The van der Waals surface area contributed by atoms with Crippen LogP contribution in [0.2, 0.25) is 0 Å². The fourth-order valence-corrected chi connectivity index (χ4v) is 2.01. The average Bonchev–Trinajstić information content (AvgIpc) is 2.65. The Labute approximate surface area is 153 Å². The summed E-state index contributed by atoms with van der Waals surface area (Å²) in [5.74, 6) is 0.260. The van der Waals surface area contributed by atoms with Crippen LogP contribution in [0.1, 0.15) is 18.1 Å². The van der Waals surface area contributed by atoms with Crippen molar-refractivity contribution < 1.29 is 14.3 Å². The standard InChI is InChI=1S/C20H23N3O3/c1-4-25-20(24)15-26-19-13-9-17(10-14-19)6-5-16-7-11-18(12-8-16)21-22-23(2)3/h5-14H,4,15H2,1-3H3/b6-5-,22-21?. The van der Waals surface area contributed by atoms with E-state index in [1.165, 1.54) is 0 Å². The lowest BCUT2D eigenvalue weighted by atomic mass is 10.1. The number of benzene rings is 2. The van der Waals surface area contributed by atoms with Crippen molar-refractivity contribution in [3.8, 4) is 5.75 Å². The molecule has 6 heteroatoms. The van der Waals surface area contributed by atoms with Crippen molar-refractivity contribution in [2.75, 3.05) is 27.3 Å². The molecule has 2 aromatic rings. The molecule has 26 heavy (non-hydrogen) atoms. The minimum atomic E-state index is -0.370. The lowest BCUT2D eigenvalue weighted by molar-refractivity contribution is -0.145. The summed E-state index contributed by atoms with van der Waals surface area (Å²) in [6, 6.07) is 15.3. The molecule has 0 saturated carbocycles. The highest BCUT2D eigenvalue weighted by Gasteiger charge is 2.02. The highest BCUT2D eigenvalue weighted by molar-refractivity contribution is 5.71. The normalized spacial score (nSPS) is 11.0. The van der Waals surface area contributed by atoms with Gasteiger partial charge >= 0.3 is 5.97 Å². The summed E-state index contributed by atoms with van der Waals surface area (Å²) in [4.78, 5) is 11.3. The zero-order valence-corrected chi connectivity index (χ0v) is 15.3. The number of hydrogen-bond acceptors (Lipinski definition) is 5. The van der Waals surface area contributed by atoms with Crippen LogP contribution in [0.5, 0.6) is 5.75 Å². The van der Waals surface area contributed by atoms with Crippen molar-refractivity contribution in [1.29, 1.82) is 0 Å². The molecule has 0 bridgehead atoms. The van der Waals surface area contributed by atoms with Gasteiger partial charge in [0.25, 0.3) is 0 Å². The second-order valence-electron chi connectivity index (χ2n) is 5.62. The van der Waals surface area contributed by atoms with Crippen molar-refractivity contribution in [1.82, 2.24) is 5.01 Å². The molecule has 2 rings (SSSR count). The quantitative estimate of drug-likeness (QED) is 0.306. The van der Waals surface area contributed by atoms with E-state index in [1.807, 2.05) is 74.8 Å². The Balaban J connectivity index is 1.90. The summed E-state index contributed by atoms with van der Waals surface area (Å²) in [6.45, 7) is 2.03. The number of ether oxygens (including phenoxy) is 2. The Morgan fingerprint density at radius 3 is 2.12 bits per heavy atom. The second-order valence-corrected chi connectivity index (χ2v) is 5.62. The van der Waals surface area contributed by atoms with Crippen molar-refractivity contribution in [2.24, 2.45) is 10.3 Å². The lowest BCUT2D eigenvalue weighted by Crippen LogP contribution is -2.14. The SMILES string of the molecule is CCOC(=O)COc1ccc(/C=C\c2ccc(N=NN(C)C)cc2)cc1. The summed E-state index contributed by atoms with van der Waals surface area (Å²) in [7, 11) is 3.65. The molecule has 0 amide bonds. The van der Waals surface area contributed by atoms with E-state index in [4.69, 9.17) is 9.47 Å². The van der Waals surface area contributed by atoms with Crippen LogP contribution in [0.4, 0.5) is 5.69 Å². The monoisotopic (exact) mass is 353 g/mol. The van der Waals surface area contributed by atoms with Gasteiger partial charge in [0.15, 0.2) is 6.61 Å². The zero-order chi connectivity index (χ0) is 18.8. The molecular formula is C20H23N3O3. The number of hydrogen-bond donors (Lipinski definition) is 0. The first-order valence-electron chi connectivity index (χ1n) is 8.32. The molecule has 0 aromatic heterocycles. The Kier molecular flexibility index (Phi) is 7.36. The third-order valence-electron chi connectivity index (χ3n) is 3.24. The molecule has 136 valence electrons. The maximum atomic E-state index is 11.3. The van der Waals surface area contributed by atoms with Crippen molar-refractivity contribution in [3.63, 3.8) is 0 Å². The van der Waals surface area contributed by atoms with Gasteiger partial charge in [-0.05, 0) is 42.3 Å². The van der Waals surface area contributed by atoms with Crippen LogP contribution in [-0.2, 0) is 9.53 Å². The topological polar surface area (TPSA) is 63.5 Å². The Bertz CT molecular complexity index is 751. The van der Waals surface area contributed by atoms with Crippen LogP contribution < -0.4 is 4.74 Å². The van der Waals surface area contributed by atoms with Gasteiger partial charge in [-0.25, -0.2) is 4.79 Å². The number of nitrogens with zero attached hydrogens (tertiary/aromatic N) is 3. The minimum Gasteiger partial charge on any atom is -0.482 e. The number of esters is 1. The highest BCUT2D eigenvalue weighted by Crippen LogP contribution is 2.17. The van der Waals surface area contributed by atoms with E-state index in [1.54, 1.807) is 11.9 Å². The maximum absolute atomic E-state index is 11.3. The largest absolute Gasteiger partial charge is 0.482 e.